The molecule has 0 radical (unpaired) electrons. The van der Waals surface area contributed by atoms with Crippen molar-refractivity contribution in [1.29, 1.82) is 0 Å². The summed E-state index contributed by atoms with van der Waals surface area (Å²) in [7, 11) is 0. The first-order valence-electron chi connectivity index (χ1n) is 14.2. The number of halogens is 1. The largest absolute Gasteiger partial charge is 0.488 e. The maximum Gasteiger partial charge on any atom is 0.334 e. The second-order valence-electron chi connectivity index (χ2n) is 11.7. The summed E-state index contributed by atoms with van der Waals surface area (Å²) in [5.41, 5.74) is 1.55. The smallest absolute Gasteiger partial charge is 0.334 e. The molecular formula is C33H27BrN4O6. The molecule has 3 heterocycles. The maximum atomic E-state index is 14.9. The van der Waals surface area contributed by atoms with E-state index in [1.165, 1.54) is 11.9 Å². The molecule has 10 nitrogen and oxygen atoms in total. The molecule has 1 aliphatic carbocycles. The Labute approximate surface area is 261 Å². The normalized spacial score (nSPS) is 25.8. The number of ether oxygens (including phenoxy) is 1. The van der Waals surface area contributed by atoms with Gasteiger partial charge in [-0.05, 0) is 69.2 Å². The molecule has 5 atom stereocenters. The van der Waals surface area contributed by atoms with Crippen LogP contribution in [-0.2, 0) is 4.79 Å². The van der Waals surface area contributed by atoms with Gasteiger partial charge in [0.15, 0.2) is 11.5 Å². The number of hydrogen-bond donors (Lipinski definition) is 0. The second kappa shape index (κ2) is 10.2. The minimum Gasteiger partial charge on any atom is -0.488 e. The van der Waals surface area contributed by atoms with E-state index in [0.29, 0.717) is 22.7 Å². The third kappa shape index (κ3) is 4.06. The van der Waals surface area contributed by atoms with Gasteiger partial charge < -0.3 is 9.26 Å². The third-order valence-electron chi connectivity index (χ3n) is 9.20. The van der Waals surface area contributed by atoms with Crippen LogP contribution in [-0.4, -0.2) is 33.6 Å². The van der Waals surface area contributed by atoms with Gasteiger partial charge in [-0.1, -0.05) is 63.0 Å². The molecule has 0 saturated heterocycles. The third-order valence-corrected chi connectivity index (χ3v) is 9.70. The number of aromatic nitrogens is 1. The monoisotopic (exact) mass is 654 g/mol. The number of anilines is 1. The van der Waals surface area contributed by atoms with Crippen LogP contribution in [0.5, 0.6) is 5.75 Å². The fraction of sp³-hybridized carbons (Fsp3) is 0.273. The Morgan fingerprint density at radius 3 is 2.52 bits per heavy atom. The number of nitrogens with zero attached hydrogens (tertiary/aromatic N) is 4. The number of para-hydroxylation sites is 1. The van der Waals surface area contributed by atoms with Gasteiger partial charge >= 0.3 is 5.69 Å². The van der Waals surface area contributed by atoms with Gasteiger partial charge in [0, 0.05) is 10.4 Å². The Bertz CT molecular complexity index is 1890. The van der Waals surface area contributed by atoms with Gasteiger partial charge in [0.25, 0.3) is 5.91 Å². The van der Waals surface area contributed by atoms with Crippen molar-refractivity contribution in [3.8, 4) is 5.75 Å². The van der Waals surface area contributed by atoms with Crippen molar-refractivity contribution in [1.82, 2.24) is 5.16 Å². The first-order valence-corrected chi connectivity index (χ1v) is 15.0. The van der Waals surface area contributed by atoms with Crippen molar-refractivity contribution in [3.63, 3.8) is 0 Å². The molecule has 11 heteroatoms. The van der Waals surface area contributed by atoms with Crippen molar-refractivity contribution in [2.75, 3.05) is 5.01 Å². The van der Waals surface area contributed by atoms with Crippen LogP contribution in [0.3, 0.4) is 0 Å². The first kappa shape index (κ1) is 28.1. The molecule has 1 aromatic heterocycles. The molecule has 1 saturated carbocycles. The first-order chi connectivity index (χ1) is 21.1. The van der Waals surface area contributed by atoms with Crippen molar-refractivity contribution >= 4 is 44.7 Å². The molecule has 7 rings (SSSR count). The summed E-state index contributed by atoms with van der Waals surface area (Å²) in [6.07, 6.45) is -0.791. The number of nitro groups is 1. The van der Waals surface area contributed by atoms with E-state index < -0.39 is 34.2 Å². The van der Waals surface area contributed by atoms with E-state index in [4.69, 9.17) is 14.4 Å². The number of ketones is 1. The Balaban J connectivity index is 1.52. The number of aryl methyl sites for hydroxylation is 2. The van der Waals surface area contributed by atoms with Crippen molar-refractivity contribution in [2.24, 2.45) is 16.4 Å². The number of hydrazone groups is 1. The minimum absolute atomic E-state index is 0.0336. The highest BCUT2D eigenvalue weighted by atomic mass is 79.9. The van der Waals surface area contributed by atoms with Gasteiger partial charge in [-0.25, -0.2) is 0 Å². The lowest BCUT2D eigenvalue weighted by Gasteiger charge is -2.51. The van der Waals surface area contributed by atoms with Crippen LogP contribution in [0, 0.1) is 35.3 Å². The average Bonchev–Trinajstić information content (AvgIpc) is 3.51. The van der Waals surface area contributed by atoms with E-state index in [2.05, 4.69) is 21.1 Å². The van der Waals surface area contributed by atoms with Gasteiger partial charge in [-0.15, -0.1) is 0 Å². The van der Waals surface area contributed by atoms with Gasteiger partial charge in [0.2, 0.25) is 5.76 Å². The summed E-state index contributed by atoms with van der Waals surface area (Å²) in [4.78, 5) is 41.2. The average molecular weight is 656 g/mol. The Morgan fingerprint density at radius 1 is 1.02 bits per heavy atom. The van der Waals surface area contributed by atoms with Gasteiger partial charge in [-0.3, -0.25) is 19.7 Å². The fourth-order valence-electron chi connectivity index (χ4n) is 7.30. The number of carbonyl (C=O) groups is 2. The van der Waals surface area contributed by atoms with E-state index >= 15 is 0 Å². The fourth-order valence-corrected chi connectivity index (χ4v) is 7.72. The van der Waals surface area contributed by atoms with Crippen LogP contribution in [0.1, 0.15) is 58.1 Å². The van der Waals surface area contributed by atoms with Gasteiger partial charge in [0.1, 0.15) is 11.9 Å². The molecule has 4 aromatic rings. The number of rotatable bonds is 4. The number of fused-ring (bicyclic) bond motifs is 2. The Kier molecular flexibility index (Phi) is 6.54. The second-order valence-corrected chi connectivity index (χ2v) is 12.6. The van der Waals surface area contributed by atoms with Crippen molar-refractivity contribution in [3.05, 3.63) is 116 Å². The summed E-state index contributed by atoms with van der Waals surface area (Å²) in [5, 5.41) is 22.6. The number of amides is 1. The summed E-state index contributed by atoms with van der Waals surface area (Å²) in [6, 6.07) is 22.0. The standard InChI is InChI=1S/C33H27BrN4O6/c1-17-12-13-25-23(14-17)29(39)24-16-33(19(3)35-37(32(33)40)22-10-5-4-6-11-22)27(20-8-7-9-21(34)15-20)26(30(24)43-25)31-28(38(41)42)18(2)36-44-31/h4-15,24,26-27,30H,16H2,1-3H3/t24-,26-,27-,30-,33-/m1/s1. The molecule has 222 valence electrons. The van der Waals surface area contributed by atoms with Crippen molar-refractivity contribution < 1.29 is 23.8 Å². The predicted molar refractivity (Wildman–Crippen MR) is 165 cm³/mol. The van der Waals surface area contributed by atoms with Gasteiger partial charge in [0.05, 0.1) is 39.1 Å². The van der Waals surface area contributed by atoms with Crippen LogP contribution in [0.25, 0.3) is 0 Å². The zero-order chi connectivity index (χ0) is 30.9. The summed E-state index contributed by atoms with van der Waals surface area (Å²) in [6.45, 7) is 5.18. The molecule has 3 aliphatic rings. The molecule has 1 fully saturated rings. The molecular weight excluding hydrogens is 628 g/mol. The molecule has 44 heavy (non-hydrogen) atoms. The van der Waals surface area contributed by atoms with E-state index in [-0.39, 0.29) is 35.3 Å². The summed E-state index contributed by atoms with van der Waals surface area (Å²) in [5.74, 6) is -2.69. The number of Topliss-reactive ketones (excluding diaryl/α,β-unsaturated/α-hetero) is 1. The van der Waals surface area contributed by atoms with Crippen LogP contribution in [0.15, 0.2) is 86.9 Å². The SMILES string of the molecule is CC1=NN(c2ccccc2)C(=O)[C@]12C[C@@H]1C(=O)c3cc(C)ccc3O[C@H]1[C@H](c1onc(C)c1[N+](=O)[O-])[C@H]2c1cccc(Br)c1. The van der Waals surface area contributed by atoms with Crippen LogP contribution < -0.4 is 9.75 Å². The van der Waals surface area contributed by atoms with Crippen LogP contribution in [0.2, 0.25) is 0 Å². The lowest BCUT2D eigenvalue weighted by atomic mass is 9.52. The predicted octanol–water partition coefficient (Wildman–Crippen LogP) is 6.90. The lowest BCUT2D eigenvalue weighted by molar-refractivity contribution is -0.387. The highest BCUT2D eigenvalue weighted by Gasteiger charge is 2.67. The molecule has 0 N–H and O–H groups in total. The van der Waals surface area contributed by atoms with E-state index in [9.17, 15) is 19.7 Å². The molecule has 1 amide bonds. The van der Waals surface area contributed by atoms with Crippen molar-refractivity contribution in [2.45, 2.75) is 45.1 Å². The molecule has 2 aliphatic heterocycles. The Hall–Kier alpha value is -4.64. The number of hydrogen-bond acceptors (Lipinski definition) is 8. The molecule has 0 bridgehead atoms. The van der Waals surface area contributed by atoms with Gasteiger partial charge in [-0.2, -0.15) is 10.1 Å². The highest BCUT2D eigenvalue weighted by molar-refractivity contribution is 9.10. The highest BCUT2D eigenvalue weighted by Crippen LogP contribution is 2.62. The minimum atomic E-state index is -1.36. The number of benzene rings is 3. The molecule has 3 aromatic carbocycles. The zero-order valence-corrected chi connectivity index (χ0v) is 25.6. The van der Waals surface area contributed by atoms with Crippen LogP contribution in [0.4, 0.5) is 11.4 Å². The quantitative estimate of drug-likeness (QED) is 0.173. The van der Waals surface area contributed by atoms with E-state index in [1.807, 2.05) is 55.5 Å². The summed E-state index contributed by atoms with van der Waals surface area (Å²) >= 11 is 3.57. The molecule has 0 unspecified atom stereocenters. The molecule has 1 spiro atoms. The van der Waals surface area contributed by atoms with E-state index in [1.54, 1.807) is 31.2 Å². The summed E-state index contributed by atoms with van der Waals surface area (Å²) < 4.78 is 13.2. The lowest BCUT2D eigenvalue weighted by Crippen LogP contribution is -2.58. The maximum absolute atomic E-state index is 14.9. The van der Waals surface area contributed by atoms with Crippen LogP contribution >= 0.6 is 15.9 Å². The van der Waals surface area contributed by atoms with E-state index in [0.717, 1.165) is 15.6 Å². The zero-order valence-electron chi connectivity index (χ0n) is 24.1. The number of carbonyl (C=O) groups excluding carboxylic acids is 2. The topological polar surface area (TPSA) is 128 Å². The Morgan fingerprint density at radius 2 is 1.80 bits per heavy atom.